The van der Waals surface area contributed by atoms with Gasteiger partial charge in [-0.2, -0.15) is 0 Å². The molecular formula is C14H18O6. The summed E-state index contributed by atoms with van der Waals surface area (Å²) in [5, 5.41) is 26.9. The van der Waals surface area contributed by atoms with Crippen LogP contribution in [-0.2, 0) is 14.4 Å². The van der Waals surface area contributed by atoms with Crippen LogP contribution < -0.4 is 0 Å². The van der Waals surface area contributed by atoms with Crippen molar-refractivity contribution in [1.29, 1.82) is 0 Å². The van der Waals surface area contributed by atoms with Crippen molar-refractivity contribution >= 4 is 17.9 Å². The fourth-order valence-corrected chi connectivity index (χ4v) is 1.39. The Bertz CT molecular complexity index is 474. The van der Waals surface area contributed by atoms with Crippen LogP contribution in [0.5, 0.6) is 0 Å². The van der Waals surface area contributed by atoms with Crippen molar-refractivity contribution in [3.8, 4) is 0 Å². The van der Waals surface area contributed by atoms with Gasteiger partial charge in [0.1, 0.15) is 0 Å². The molecular weight excluding hydrogens is 264 g/mol. The second kappa shape index (κ2) is 7.93. The number of hydrogen-bond acceptors (Lipinski definition) is 3. The molecule has 0 rings (SSSR count). The van der Waals surface area contributed by atoms with E-state index >= 15 is 0 Å². The lowest BCUT2D eigenvalue weighted by atomic mass is 10.0. The average Bonchev–Trinajstić information content (AvgIpc) is 2.37. The summed E-state index contributed by atoms with van der Waals surface area (Å²) in [7, 11) is 0. The van der Waals surface area contributed by atoms with E-state index in [0.717, 1.165) is 0 Å². The molecule has 0 aliphatic heterocycles. The summed E-state index contributed by atoms with van der Waals surface area (Å²) in [5.41, 5.74) is -0.00390. The highest BCUT2D eigenvalue weighted by Crippen LogP contribution is 2.16. The Labute approximate surface area is 116 Å². The Balaban J connectivity index is 6.03. The highest BCUT2D eigenvalue weighted by molar-refractivity contribution is 5.93. The van der Waals surface area contributed by atoms with E-state index < -0.39 is 17.9 Å². The molecule has 0 unspecified atom stereocenters. The fourth-order valence-electron chi connectivity index (χ4n) is 1.39. The molecule has 0 aromatic heterocycles. The first-order valence-electron chi connectivity index (χ1n) is 6.06. The van der Waals surface area contributed by atoms with Gasteiger partial charge in [0.25, 0.3) is 0 Å². The minimum atomic E-state index is -1.23. The predicted molar refractivity (Wildman–Crippen MR) is 72.4 cm³/mol. The Hall–Kier alpha value is -2.37. The van der Waals surface area contributed by atoms with Crippen LogP contribution in [-0.4, -0.2) is 33.2 Å². The van der Waals surface area contributed by atoms with Gasteiger partial charge in [0.15, 0.2) is 0 Å². The van der Waals surface area contributed by atoms with Gasteiger partial charge in [0, 0.05) is 16.7 Å². The molecule has 0 aliphatic carbocycles. The van der Waals surface area contributed by atoms with Crippen molar-refractivity contribution in [2.45, 2.75) is 33.6 Å². The van der Waals surface area contributed by atoms with Crippen molar-refractivity contribution in [2.75, 3.05) is 0 Å². The minimum Gasteiger partial charge on any atom is -0.478 e. The number of carboxylic acids is 3. The van der Waals surface area contributed by atoms with Gasteiger partial charge >= 0.3 is 17.9 Å². The number of hydrogen-bond donors (Lipinski definition) is 3. The van der Waals surface area contributed by atoms with E-state index in [4.69, 9.17) is 15.3 Å². The largest absolute Gasteiger partial charge is 0.478 e. The van der Waals surface area contributed by atoms with E-state index in [-0.39, 0.29) is 35.1 Å². The van der Waals surface area contributed by atoms with Gasteiger partial charge in [-0.15, -0.1) is 0 Å². The molecule has 0 heterocycles. The van der Waals surface area contributed by atoms with Crippen molar-refractivity contribution in [2.24, 2.45) is 0 Å². The van der Waals surface area contributed by atoms with Crippen LogP contribution in [0.3, 0.4) is 0 Å². The third-order valence-corrected chi connectivity index (χ3v) is 2.72. The molecule has 0 aliphatic rings. The predicted octanol–water partition coefficient (Wildman–Crippen LogP) is 2.23. The molecule has 3 N–H and O–H groups in total. The van der Waals surface area contributed by atoms with E-state index in [9.17, 15) is 14.4 Å². The first kappa shape index (κ1) is 17.6. The third-order valence-electron chi connectivity index (χ3n) is 2.72. The molecule has 110 valence electrons. The Morgan fingerprint density at radius 3 is 1.35 bits per heavy atom. The molecule has 6 nitrogen and oxygen atoms in total. The van der Waals surface area contributed by atoms with Crippen LogP contribution in [0, 0.1) is 0 Å². The third kappa shape index (κ3) is 5.09. The molecule has 0 fully saturated rings. The number of aliphatic carboxylic acids is 3. The molecule has 0 spiro atoms. The lowest BCUT2D eigenvalue weighted by Crippen LogP contribution is -2.05. The summed E-state index contributed by atoms with van der Waals surface area (Å²) in [4.78, 5) is 33.0. The van der Waals surface area contributed by atoms with E-state index in [2.05, 4.69) is 0 Å². The van der Waals surface area contributed by atoms with Crippen LogP contribution in [0.25, 0.3) is 0 Å². The fraction of sp³-hybridized carbons (Fsp3) is 0.357. The van der Waals surface area contributed by atoms with Crippen molar-refractivity contribution < 1.29 is 29.7 Å². The van der Waals surface area contributed by atoms with Gasteiger partial charge < -0.3 is 15.3 Å². The van der Waals surface area contributed by atoms with Crippen LogP contribution >= 0.6 is 0 Å². The molecule has 0 bridgehead atoms. The van der Waals surface area contributed by atoms with Gasteiger partial charge in [-0.05, 0) is 37.5 Å². The summed E-state index contributed by atoms with van der Waals surface area (Å²) in [5.74, 6) is -3.55. The van der Waals surface area contributed by atoms with E-state index in [1.165, 1.54) is 19.1 Å². The van der Waals surface area contributed by atoms with Gasteiger partial charge in [0.2, 0.25) is 0 Å². The molecule has 0 saturated heterocycles. The summed E-state index contributed by atoms with van der Waals surface area (Å²) in [6.45, 7) is 4.54. The minimum absolute atomic E-state index is 0.0118. The first-order valence-corrected chi connectivity index (χ1v) is 6.06. The Kier molecular flexibility index (Phi) is 6.99. The maximum atomic E-state index is 11.0. The molecule has 0 aromatic rings. The second-order valence-corrected chi connectivity index (χ2v) is 4.04. The van der Waals surface area contributed by atoms with E-state index in [0.29, 0.717) is 0 Å². The monoisotopic (exact) mass is 282 g/mol. The SMILES string of the molecule is CCC(=CC(C=C(CC)C(=O)O)=C(C)C(=O)O)C(=O)O. The Morgan fingerprint density at radius 1 is 0.800 bits per heavy atom. The van der Waals surface area contributed by atoms with Gasteiger partial charge in [-0.1, -0.05) is 13.8 Å². The van der Waals surface area contributed by atoms with Crippen molar-refractivity contribution in [3.05, 3.63) is 34.4 Å². The highest BCUT2D eigenvalue weighted by atomic mass is 16.4. The molecule has 0 atom stereocenters. The molecule has 0 amide bonds. The summed E-state index contributed by atoms with van der Waals surface area (Å²) in [6, 6.07) is 0. The maximum Gasteiger partial charge on any atom is 0.331 e. The number of carboxylic acid groups (broad SMARTS) is 3. The van der Waals surface area contributed by atoms with Crippen LogP contribution in [0.15, 0.2) is 34.4 Å². The highest BCUT2D eigenvalue weighted by Gasteiger charge is 2.12. The zero-order valence-electron chi connectivity index (χ0n) is 11.6. The van der Waals surface area contributed by atoms with Crippen molar-refractivity contribution in [1.82, 2.24) is 0 Å². The van der Waals surface area contributed by atoms with Gasteiger partial charge in [-0.3, -0.25) is 0 Å². The summed E-state index contributed by atoms with van der Waals surface area (Å²) < 4.78 is 0. The molecule has 0 aromatic carbocycles. The molecule has 20 heavy (non-hydrogen) atoms. The number of allylic oxidation sites excluding steroid dienone is 3. The van der Waals surface area contributed by atoms with Crippen LogP contribution in [0.2, 0.25) is 0 Å². The molecule has 6 heteroatoms. The van der Waals surface area contributed by atoms with Crippen molar-refractivity contribution in [3.63, 3.8) is 0 Å². The Morgan fingerprint density at radius 2 is 1.15 bits per heavy atom. The summed E-state index contributed by atoms with van der Waals surface area (Å²) in [6.07, 6.45) is 2.80. The lowest BCUT2D eigenvalue weighted by molar-refractivity contribution is -0.133. The number of rotatable bonds is 7. The van der Waals surface area contributed by atoms with Gasteiger partial charge in [-0.25, -0.2) is 14.4 Å². The first-order chi connectivity index (χ1) is 9.24. The smallest absolute Gasteiger partial charge is 0.331 e. The van der Waals surface area contributed by atoms with Crippen LogP contribution in [0.1, 0.15) is 33.6 Å². The topological polar surface area (TPSA) is 112 Å². The zero-order chi connectivity index (χ0) is 15.9. The second-order valence-electron chi connectivity index (χ2n) is 4.04. The average molecular weight is 282 g/mol. The van der Waals surface area contributed by atoms with E-state index in [1.54, 1.807) is 13.8 Å². The lowest BCUT2D eigenvalue weighted by Gasteiger charge is -2.05. The number of carbonyl (C=O) groups is 3. The summed E-state index contributed by atoms with van der Waals surface area (Å²) >= 11 is 0. The van der Waals surface area contributed by atoms with Gasteiger partial charge in [0.05, 0.1) is 0 Å². The normalized spacial score (nSPS) is 11.9. The molecule has 0 radical (unpaired) electrons. The standard InChI is InChI=1S/C14H18O6/c1-4-9(13(17)18)6-11(8(3)12(15)16)7-10(5-2)14(19)20/h6-7H,4-5H2,1-3H3,(H,15,16)(H,17,18)(H,19,20). The van der Waals surface area contributed by atoms with Crippen LogP contribution in [0.4, 0.5) is 0 Å². The zero-order valence-corrected chi connectivity index (χ0v) is 11.6. The van der Waals surface area contributed by atoms with E-state index in [1.807, 2.05) is 0 Å². The quantitative estimate of drug-likeness (QED) is 0.487. The molecule has 0 saturated carbocycles. The maximum absolute atomic E-state index is 11.0.